The van der Waals surface area contributed by atoms with Crippen molar-refractivity contribution < 1.29 is 9.53 Å². The van der Waals surface area contributed by atoms with Gasteiger partial charge in [0.2, 0.25) is 0 Å². The molecule has 1 aromatic carbocycles. The zero-order valence-corrected chi connectivity index (χ0v) is 13.4. The molecule has 0 aliphatic carbocycles. The van der Waals surface area contributed by atoms with Gasteiger partial charge in [0.25, 0.3) is 0 Å². The second kappa shape index (κ2) is 7.25. The topological polar surface area (TPSA) is 41.6 Å². The molecular formula is C16H23ClN2O2. The molecule has 1 fully saturated rings. The molecule has 0 spiro atoms. The Morgan fingerprint density at radius 2 is 2.14 bits per heavy atom. The highest BCUT2D eigenvalue weighted by atomic mass is 35.5. The molecule has 2 rings (SSSR count). The summed E-state index contributed by atoms with van der Waals surface area (Å²) in [7, 11) is 0. The van der Waals surface area contributed by atoms with E-state index in [9.17, 15) is 4.79 Å². The van der Waals surface area contributed by atoms with E-state index in [4.69, 9.17) is 16.3 Å². The molecule has 1 aromatic rings. The summed E-state index contributed by atoms with van der Waals surface area (Å²) in [4.78, 5) is 14.9. The van der Waals surface area contributed by atoms with Gasteiger partial charge < -0.3 is 10.1 Å². The summed E-state index contributed by atoms with van der Waals surface area (Å²) in [6, 6.07) is 7.53. The number of nitrogens with zero attached hydrogens (tertiary/aromatic N) is 1. The minimum Gasteiger partial charge on any atom is -0.464 e. The first-order valence-corrected chi connectivity index (χ1v) is 7.86. The van der Waals surface area contributed by atoms with Crippen LogP contribution in [0.25, 0.3) is 0 Å². The Hall–Kier alpha value is -1.10. The van der Waals surface area contributed by atoms with Gasteiger partial charge in [-0.1, -0.05) is 29.8 Å². The predicted molar refractivity (Wildman–Crippen MR) is 84.5 cm³/mol. The summed E-state index contributed by atoms with van der Waals surface area (Å²) in [6.07, 6.45) is 0.999. The largest absolute Gasteiger partial charge is 0.464 e. The number of benzene rings is 1. The second-order valence-electron chi connectivity index (χ2n) is 5.36. The summed E-state index contributed by atoms with van der Waals surface area (Å²) in [5.41, 5.74) is -0.0348. The van der Waals surface area contributed by atoms with Gasteiger partial charge in [-0.15, -0.1) is 0 Å². The number of esters is 1. The van der Waals surface area contributed by atoms with Crippen molar-refractivity contribution in [1.82, 2.24) is 10.2 Å². The van der Waals surface area contributed by atoms with Crippen LogP contribution in [0, 0.1) is 0 Å². The quantitative estimate of drug-likeness (QED) is 0.867. The molecule has 5 heteroatoms. The lowest BCUT2D eigenvalue weighted by Crippen LogP contribution is -2.52. The van der Waals surface area contributed by atoms with E-state index in [1.807, 2.05) is 38.1 Å². The third-order valence-corrected chi connectivity index (χ3v) is 4.37. The molecule has 21 heavy (non-hydrogen) atoms. The highest BCUT2D eigenvalue weighted by Crippen LogP contribution is 2.35. The monoisotopic (exact) mass is 310 g/mol. The van der Waals surface area contributed by atoms with Crippen LogP contribution in [0.2, 0.25) is 5.02 Å². The molecule has 0 aromatic heterocycles. The predicted octanol–water partition coefficient (Wildman–Crippen LogP) is 2.41. The Labute approximate surface area is 131 Å². The minimum atomic E-state index is -0.847. The second-order valence-corrected chi connectivity index (χ2v) is 5.77. The Balaban J connectivity index is 2.43. The molecule has 1 unspecified atom stereocenters. The molecule has 0 amide bonds. The van der Waals surface area contributed by atoms with Crippen LogP contribution in [0.1, 0.15) is 25.8 Å². The van der Waals surface area contributed by atoms with Crippen LogP contribution in [-0.2, 0) is 15.1 Å². The highest BCUT2D eigenvalue weighted by molar-refractivity contribution is 6.31. The van der Waals surface area contributed by atoms with Crippen LogP contribution in [0.15, 0.2) is 24.3 Å². The van der Waals surface area contributed by atoms with Gasteiger partial charge in [-0.3, -0.25) is 4.90 Å². The van der Waals surface area contributed by atoms with Crippen LogP contribution < -0.4 is 5.32 Å². The standard InChI is InChI=1S/C16H23ClN2O2/c1-3-21-15(20)16(2,13-7-4-5-8-14(13)17)19-11-6-9-18-10-12-19/h4-5,7-8,18H,3,6,9-12H2,1-2H3. The van der Waals surface area contributed by atoms with E-state index in [0.29, 0.717) is 11.6 Å². The van der Waals surface area contributed by atoms with Crippen LogP contribution in [-0.4, -0.2) is 43.7 Å². The lowest BCUT2D eigenvalue weighted by Gasteiger charge is -2.39. The zero-order chi connectivity index (χ0) is 15.3. The molecule has 1 N–H and O–H groups in total. The van der Waals surface area contributed by atoms with Crippen molar-refractivity contribution in [1.29, 1.82) is 0 Å². The number of carbonyl (C=O) groups is 1. The Bertz CT molecular complexity index is 487. The summed E-state index contributed by atoms with van der Waals surface area (Å²) >= 11 is 6.36. The van der Waals surface area contributed by atoms with Gasteiger partial charge in [0, 0.05) is 30.2 Å². The third kappa shape index (κ3) is 3.39. The van der Waals surface area contributed by atoms with Crippen molar-refractivity contribution in [3.63, 3.8) is 0 Å². The van der Waals surface area contributed by atoms with E-state index < -0.39 is 5.54 Å². The van der Waals surface area contributed by atoms with E-state index in [-0.39, 0.29) is 5.97 Å². The average Bonchev–Trinajstić information content (AvgIpc) is 2.76. The number of hydrogen-bond donors (Lipinski definition) is 1. The van der Waals surface area contributed by atoms with Crippen molar-refractivity contribution in [3.05, 3.63) is 34.9 Å². The molecule has 1 saturated heterocycles. The van der Waals surface area contributed by atoms with E-state index in [2.05, 4.69) is 10.2 Å². The first kappa shape index (κ1) is 16.3. The highest BCUT2D eigenvalue weighted by Gasteiger charge is 2.43. The third-order valence-electron chi connectivity index (χ3n) is 4.04. The van der Waals surface area contributed by atoms with Crippen molar-refractivity contribution in [2.45, 2.75) is 25.8 Å². The molecular weight excluding hydrogens is 288 g/mol. The van der Waals surface area contributed by atoms with E-state index in [1.54, 1.807) is 0 Å². The SMILES string of the molecule is CCOC(=O)C(C)(c1ccccc1Cl)N1CCCNCC1. The molecule has 0 bridgehead atoms. The van der Waals surface area contributed by atoms with Gasteiger partial charge >= 0.3 is 5.97 Å². The molecule has 1 aliphatic rings. The summed E-state index contributed by atoms with van der Waals surface area (Å²) in [5.74, 6) is -0.236. The number of halogens is 1. The van der Waals surface area contributed by atoms with E-state index in [1.165, 1.54) is 0 Å². The fourth-order valence-electron chi connectivity index (χ4n) is 2.83. The number of carbonyl (C=O) groups excluding carboxylic acids is 1. The molecule has 1 heterocycles. The number of hydrogen-bond acceptors (Lipinski definition) is 4. The van der Waals surface area contributed by atoms with Crippen LogP contribution >= 0.6 is 11.6 Å². The average molecular weight is 311 g/mol. The van der Waals surface area contributed by atoms with Crippen LogP contribution in [0.5, 0.6) is 0 Å². The zero-order valence-electron chi connectivity index (χ0n) is 12.7. The van der Waals surface area contributed by atoms with Gasteiger partial charge in [0.1, 0.15) is 5.54 Å². The Kier molecular flexibility index (Phi) is 5.62. The number of rotatable bonds is 4. The molecule has 1 aliphatic heterocycles. The maximum Gasteiger partial charge on any atom is 0.330 e. The molecule has 0 radical (unpaired) electrons. The Morgan fingerprint density at radius 1 is 1.38 bits per heavy atom. The van der Waals surface area contributed by atoms with Gasteiger partial charge in [0.15, 0.2) is 0 Å². The lowest BCUT2D eigenvalue weighted by molar-refractivity contribution is -0.157. The van der Waals surface area contributed by atoms with Gasteiger partial charge in [-0.25, -0.2) is 4.79 Å². The Morgan fingerprint density at radius 3 is 2.86 bits per heavy atom. The first-order valence-electron chi connectivity index (χ1n) is 7.48. The van der Waals surface area contributed by atoms with Gasteiger partial charge in [0.05, 0.1) is 6.61 Å². The molecule has 4 nitrogen and oxygen atoms in total. The fourth-order valence-corrected chi connectivity index (χ4v) is 3.15. The number of nitrogens with one attached hydrogen (secondary N) is 1. The summed E-state index contributed by atoms with van der Waals surface area (Å²) in [6.45, 7) is 7.57. The van der Waals surface area contributed by atoms with Crippen LogP contribution in [0.4, 0.5) is 0 Å². The normalized spacial score (nSPS) is 19.6. The van der Waals surface area contributed by atoms with E-state index in [0.717, 1.165) is 38.2 Å². The van der Waals surface area contributed by atoms with Crippen molar-refractivity contribution in [2.24, 2.45) is 0 Å². The van der Waals surface area contributed by atoms with Crippen molar-refractivity contribution in [2.75, 3.05) is 32.8 Å². The molecule has 0 saturated carbocycles. The lowest BCUT2D eigenvalue weighted by atomic mass is 9.89. The fraction of sp³-hybridized carbons (Fsp3) is 0.562. The van der Waals surface area contributed by atoms with Gasteiger partial charge in [-0.2, -0.15) is 0 Å². The first-order chi connectivity index (χ1) is 10.1. The van der Waals surface area contributed by atoms with Crippen molar-refractivity contribution >= 4 is 17.6 Å². The minimum absolute atomic E-state index is 0.236. The smallest absolute Gasteiger partial charge is 0.330 e. The molecule has 116 valence electrons. The van der Waals surface area contributed by atoms with Crippen molar-refractivity contribution in [3.8, 4) is 0 Å². The number of ether oxygens (including phenoxy) is 1. The maximum absolute atomic E-state index is 12.7. The van der Waals surface area contributed by atoms with Crippen LogP contribution in [0.3, 0.4) is 0 Å². The maximum atomic E-state index is 12.7. The summed E-state index contributed by atoms with van der Waals surface area (Å²) in [5, 5.41) is 3.96. The van der Waals surface area contributed by atoms with Gasteiger partial charge in [-0.05, 0) is 32.9 Å². The van der Waals surface area contributed by atoms with E-state index >= 15 is 0 Å². The summed E-state index contributed by atoms with van der Waals surface area (Å²) < 4.78 is 5.35. The molecule has 1 atom stereocenters.